The van der Waals surface area contributed by atoms with Gasteiger partial charge in [-0.2, -0.15) is 5.21 Å². The van der Waals surface area contributed by atoms with Crippen LogP contribution in [0, 0.1) is 10.1 Å². The van der Waals surface area contributed by atoms with Gasteiger partial charge in [0, 0.05) is 0 Å². The summed E-state index contributed by atoms with van der Waals surface area (Å²) in [4.78, 5) is 13.9. The first-order valence-corrected chi connectivity index (χ1v) is 4.81. The van der Waals surface area contributed by atoms with Crippen molar-refractivity contribution in [3.05, 3.63) is 33.2 Å². The van der Waals surface area contributed by atoms with Crippen molar-refractivity contribution in [1.29, 1.82) is 0 Å². The predicted molar refractivity (Wildman–Crippen MR) is 57.4 cm³/mol. The number of hydrogen-bond acceptors (Lipinski definition) is 7. The largest absolute Gasteiger partial charge is 0.362 e. The molecule has 0 amide bonds. The maximum absolute atomic E-state index is 10.6. The van der Waals surface area contributed by atoms with E-state index >= 15 is 0 Å². The number of aromatic amines is 1. The van der Waals surface area contributed by atoms with Gasteiger partial charge in [0.2, 0.25) is 0 Å². The van der Waals surface area contributed by atoms with Crippen LogP contribution in [0.5, 0.6) is 0 Å². The quantitative estimate of drug-likeness (QED) is 0.470. The molecule has 0 bridgehead atoms. The number of tetrazole rings is 1. The van der Waals surface area contributed by atoms with Gasteiger partial charge in [0.05, 0.1) is 23.6 Å². The van der Waals surface area contributed by atoms with Crippen molar-refractivity contribution >= 4 is 23.1 Å². The van der Waals surface area contributed by atoms with E-state index in [4.69, 9.17) is 11.6 Å². The fourth-order valence-corrected chi connectivity index (χ4v) is 1.31. The molecule has 17 heavy (non-hydrogen) atoms. The third kappa shape index (κ3) is 2.84. The van der Waals surface area contributed by atoms with Crippen LogP contribution in [-0.2, 0) is 6.54 Å². The van der Waals surface area contributed by atoms with E-state index in [9.17, 15) is 10.1 Å². The molecule has 0 unspecified atom stereocenters. The second kappa shape index (κ2) is 4.70. The second-order valence-corrected chi connectivity index (χ2v) is 3.36. The summed E-state index contributed by atoms with van der Waals surface area (Å²) in [5.41, 5.74) is -0.138. The summed E-state index contributed by atoms with van der Waals surface area (Å²) >= 11 is 5.65. The molecule has 9 nitrogen and oxygen atoms in total. The van der Waals surface area contributed by atoms with Crippen LogP contribution in [0.2, 0.25) is 5.15 Å². The number of hydrogen-bond donors (Lipinski definition) is 2. The van der Waals surface area contributed by atoms with Gasteiger partial charge in [0.15, 0.2) is 5.82 Å². The SMILES string of the molecule is O=[N+]([O-])c1cc(Cl)nc(NCc2nn[nH]n2)c1. The zero-order valence-electron chi connectivity index (χ0n) is 8.29. The molecule has 0 aliphatic heterocycles. The minimum absolute atomic E-state index is 0.0369. The van der Waals surface area contributed by atoms with E-state index < -0.39 is 4.92 Å². The summed E-state index contributed by atoms with van der Waals surface area (Å²) < 4.78 is 0. The van der Waals surface area contributed by atoms with Crippen molar-refractivity contribution in [3.63, 3.8) is 0 Å². The highest BCUT2D eigenvalue weighted by Gasteiger charge is 2.10. The van der Waals surface area contributed by atoms with E-state index in [-0.39, 0.29) is 23.2 Å². The van der Waals surface area contributed by atoms with Crippen LogP contribution in [0.15, 0.2) is 12.1 Å². The second-order valence-electron chi connectivity index (χ2n) is 2.97. The van der Waals surface area contributed by atoms with Crippen molar-refractivity contribution in [2.24, 2.45) is 0 Å². The average Bonchev–Trinajstić information content (AvgIpc) is 2.78. The molecule has 0 atom stereocenters. The highest BCUT2D eigenvalue weighted by atomic mass is 35.5. The Hall–Kier alpha value is -2.29. The molecule has 0 aliphatic carbocycles. The Morgan fingerprint density at radius 3 is 3.00 bits per heavy atom. The van der Waals surface area contributed by atoms with Gasteiger partial charge in [-0.1, -0.05) is 16.8 Å². The summed E-state index contributed by atoms with van der Waals surface area (Å²) in [6.07, 6.45) is 0. The predicted octanol–water partition coefficient (Wildman–Crippen LogP) is 0.768. The molecule has 0 fully saturated rings. The van der Waals surface area contributed by atoms with Gasteiger partial charge in [0.1, 0.15) is 11.0 Å². The van der Waals surface area contributed by atoms with E-state index in [0.29, 0.717) is 5.82 Å². The number of nitrogens with one attached hydrogen (secondary N) is 2. The van der Waals surface area contributed by atoms with Crippen LogP contribution in [-0.4, -0.2) is 30.5 Å². The monoisotopic (exact) mass is 255 g/mol. The fraction of sp³-hybridized carbons (Fsp3) is 0.143. The number of nitro groups is 1. The molecule has 2 heterocycles. The molecule has 0 spiro atoms. The van der Waals surface area contributed by atoms with Crippen molar-refractivity contribution < 1.29 is 4.92 Å². The molecule has 0 saturated carbocycles. The lowest BCUT2D eigenvalue weighted by Gasteiger charge is -2.02. The van der Waals surface area contributed by atoms with E-state index in [0.717, 1.165) is 0 Å². The number of aromatic nitrogens is 5. The Bertz CT molecular complexity index is 529. The number of nitrogens with zero attached hydrogens (tertiary/aromatic N) is 5. The van der Waals surface area contributed by atoms with Gasteiger partial charge in [-0.15, -0.1) is 10.2 Å². The molecule has 0 aliphatic rings. The van der Waals surface area contributed by atoms with Gasteiger partial charge in [0.25, 0.3) is 5.69 Å². The normalized spacial score (nSPS) is 10.2. The molecular formula is C7H6ClN7O2. The van der Waals surface area contributed by atoms with E-state index in [2.05, 4.69) is 30.9 Å². The topological polar surface area (TPSA) is 123 Å². The zero-order chi connectivity index (χ0) is 12.3. The smallest absolute Gasteiger partial charge is 0.276 e. The highest BCUT2D eigenvalue weighted by Crippen LogP contribution is 2.20. The van der Waals surface area contributed by atoms with Gasteiger partial charge < -0.3 is 5.32 Å². The van der Waals surface area contributed by atoms with Crippen LogP contribution >= 0.6 is 11.6 Å². The van der Waals surface area contributed by atoms with Crippen molar-refractivity contribution in [1.82, 2.24) is 25.6 Å². The Balaban J connectivity index is 2.13. The summed E-state index contributed by atoms with van der Waals surface area (Å²) in [5.74, 6) is 0.684. The number of rotatable bonds is 4. The maximum atomic E-state index is 10.6. The minimum Gasteiger partial charge on any atom is -0.362 e. The van der Waals surface area contributed by atoms with E-state index in [1.165, 1.54) is 12.1 Å². The van der Waals surface area contributed by atoms with Crippen LogP contribution in [0.1, 0.15) is 5.82 Å². The first-order valence-electron chi connectivity index (χ1n) is 4.43. The van der Waals surface area contributed by atoms with Crippen molar-refractivity contribution in [3.8, 4) is 0 Å². The van der Waals surface area contributed by atoms with Gasteiger partial charge in [-0.25, -0.2) is 4.98 Å². The van der Waals surface area contributed by atoms with Gasteiger partial charge in [-0.3, -0.25) is 10.1 Å². The molecule has 10 heteroatoms. The van der Waals surface area contributed by atoms with Gasteiger partial charge in [-0.05, 0) is 0 Å². The standard InChI is InChI=1S/C7H6ClN7O2/c8-5-1-4(15(16)17)2-6(10-5)9-3-7-11-13-14-12-7/h1-2H,3H2,(H,9,10)(H,11,12,13,14). The summed E-state index contributed by atoms with van der Waals surface area (Å²) in [5, 5.41) is 26.5. The van der Waals surface area contributed by atoms with E-state index in [1.54, 1.807) is 0 Å². The molecule has 2 N–H and O–H groups in total. The lowest BCUT2D eigenvalue weighted by Crippen LogP contribution is -2.04. The summed E-state index contributed by atoms with van der Waals surface area (Å²) in [6.45, 7) is 0.237. The minimum atomic E-state index is -0.549. The third-order valence-corrected chi connectivity index (χ3v) is 2.00. The summed E-state index contributed by atoms with van der Waals surface area (Å²) in [7, 11) is 0. The maximum Gasteiger partial charge on any atom is 0.276 e. The molecule has 2 rings (SSSR count). The van der Waals surface area contributed by atoms with Crippen LogP contribution in [0.4, 0.5) is 11.5 Å². The Kier molecular flexibility index (Phi) is 3.10. The molecule has 88 valence electrons. The van der Waals surface area contributed by atoms with E-state index in [1.807, 2.05) is 0 Å². The van der Waals surface area contributed by atoms with Gasteiger partial charge >= 0.3 is 0 Å². The lowest BCUT2D eigenvalue weighted by atomic mass is 10.4. The molecular weight excluding hydrogens is 250 g/mol. The number of halogens is 1. The Labute approximate surface area is 99.4 Å². The van der Waals surface area contributed by atoms with Crippen molar-refractivity contribution in [2.45, 2.75) is 6.54 Å². The number of H-pyrrole nitrogens is 1. The molecule has 2 aromatic heterocycles. The highest BCUT2D eigenvalue weighted by molar-refractivity contribution is 6.29. The fourth-order valence-electron chi connectivity index (χ4n) is 1.11. The number of anilines is 1. The first kappa shape index (κ1) is 11.2. The van der Waals surface area contributed by atoms with Crippen LogP contribution in [0.25, 0.3) is 0 Å². The number of pyridine rings is 1. The lowest BCUT2D eigenvalue weighted by molar-refractivity contribution is -0.384. The Morgan fingerprint density at radius 1 is 1.53 bits per heavy atom. The third-order valence-electron chi connectivity index (χ3n) is 1.81. The molecule has 0 radical (unpaired) electrons. The molecule has 0 saturated heterocycles. The van der Waals surface area contributed by atoms with Crippen LogP contribution in [0.3, 0.4) is 0 Å². The van der Waals surface area contributed by atoms with Crippen molar-refractivity contribution in [2.75, 3.05) is 5.32 Å². The Morgan fingerprint density at radius 2 is 2.35 bits per heavy atom. The molecule has 2 aromatic rings. The zero-order valence-corrected chi connectivity index (χ0v) is 9.05. The molecule has 0 aromatic carbocycles. The summed E-state index contributed by atoms with van der Waals surface area (Å²) in [6, 6.07) is 2.44. The average molecular weight is 256 g/mol. The van der Waals surface area contributed by atoms with Crippen LogP contribution < -0.4 is 5.32 Å². The first-order chi connectivity index (χ1) is 8.15.